The number of ether oxygens (including phenoxy) is 1. The zero-order chi connectivity index (χ0) is 18.5. The van der Waals surface area contributed by atoms with E-state index in [4.69, 9.17) is 4.74 Å². The molecule has 3 aromatic rings. The average Bonchev–Trinajstić information content (AvgIpc) is 2.66. The number of carbonyl (C=O) groups excluding carboxylic acids is 1. The van der Waals surface area contributed by atoms with Gasteiger partial charge < -0.3 is 15.2 Å². The molecule has 0 spiro atoms. The third kappa shape index (κ3) is 2.46. The molecule has 5 heteroatoms. The van der Waals surface area contributed by atoms with Gasteiger partial charge >= 0.3 is 0 Å². The van der Waals surface area contributed by atoms with Crippen molar-refractivity contribution in [2.75, 3.05) is 5.32 Å². The van der Waals surface area contributed by atoms with Crippen LogP contribution in [0.3, 0.4) is 0 Å². The summed E-state index contributed by atoms with van der Waals surface area (Å²) in [6, 6.07) is 14.4. The van der Waals surface area contributed by atoms with Crippen LogP contribution in [0.25, 0.3) is 16.7 Å². The zero-order valence-corrected chi connectivity index (χ0v) is 14.8. The molecule has 1 aromatic heterocycles. The van der Waals surface area contributed by atoms with Crippen LogP contribution in [-0.4, -0.2) is 22.0 Å². The van der Waals surface area contributed by atoms with Gasteiger partial charge in [-0.15, -0.1) is 0 Å². The molecule has 27 heavy (non-hydrogen) atoms. The first-order valence-corrected chi connectivity index (χ1v) is 8.99. The van der Waals surface area contributed by atoms with Crippen LogP contribution in [-0.2, 0) is 9.53 Å². The van der Waals surface area contributed by atoms with E-state index in [-0.39, 0.29) is 23.7 Å². The second-order valence-electron chi connectivity index (χ2n) is 7.03. The van der Waals surface area contributed by atoms with Crippen molar-refractivity contribution >= 4 is 28.1 Å². The molecule has 0 saturated heterocycles. The van der Waals surface area contributed by atoms with Crippen LogP contribution in [0.2, 0.25) is 0 Å². The van der Waals surface area contributed by atoms with Crippen LogP contribution in [0.4, 0.5) is 5.69 Å². The second-order valence-corrected chi connectivity index (χ2v) is 7.03. The van der Waals surface area contributed by atoms with Gasteiger partial charge in [0.05, 0.1) is 17.1 Å². The number of carbonyl (C=O) groups is 1. The Bertz CT molecular complexity index is 1120. The lowest BCUT2D eigenvalue weighted by Crippen LogP contribution is -2.32. The Hall–Kier alpha value is -3.34. The van der Waals surface area contributed by atoms with E-state index in [1.54, 1.807) is 24.4 Å². The van der Waals surface area contributed by atoms with Crippen LogP contribution in [0.5, 0.6) is 5.75 Å². The molecule has 0 radical (unpaired) electrons. The Morgan fingerprint density at radius 3 is 2.93 bits per heavy atom. The number of ketones is 1. The van der Waals surface area contributed by atoms with Crippen LogP contribution in [0.1, 0.15) is 30.5 Å². The monoisotopic (exact) mass is 358 g/mol. The summed E-state index contributed by atoms with van der Waals surface area (Å²) in [4.78, 5) is 17.4. The van der Waals surface area contributed by atoms with E-state index in [1.807, 2.05) is 37.3 Å². The smallest absolute Gasteiger partial charge is 0.168 e. The number of benzene rings is 2. The predicted molar refractivity (Wildman–Crippen MR) is 103 cm³/mol. The number of nitrogens with one attached hydrogen (secondary N) is 1. The molecule has 2 atom stereocenters. The van der Waals surface area contributed by atoms with E-state index in [2.05, 4.69) is 10.3 Å². The van der Waals surface area contributed by atoms with Crippen molar-refractivity contribution in [1.29, 1.82) is 0 Å². The number of hydrogen-bond donors (Lipinski definition) is 2. The van der Waals surface area contributed by atoms with E-state index in [1.165, 1.54) is 0 Å². The normalized spacial score (nSPS) is 21.3. The van der Waals surface area contributed by atoms with Gasteiger partial charge in [0.15, 0.2) is 5.78 Å². The molecule has 2 aliphatic heterocycles. The number of hydrogen-bond acceptors (Lipinski definition) is 5. The Balaban J connectivity index is 1.80. The minimum atomic E-state index is -0.367. The van der Waals surface area contributed by atoms with Crippen LogP contribution in [0.15, 0.2) is 60.3 Å². The number of nitrogens with zero attached hydrogens (tertiary/aromatic N) is 1. The van der Waals surface area contributed by atoms with Crippen molar-refractivity contribution in [3.63, 3.8) is 0 Å². The number of phenols is 1. The van der Waals surface area contributed by atoms with Gasteiger partial charge in [0.2, 0.25) is 0 Å². The van der Waals surface area contributed by atoms with Gasteiger partial charge in [0.25, 0.3) is 0 Å². The molecule has 0 fully saturated rings. The molecule has 134 valence electrons. The molecule has 2 aromatic carbocycles. The minimum absolute atomic E-state index is 0.0659. The van der Waals surface area contributed by atoms with Crippen molar-refractivity contribution < 1.29 is 14.6 Å². The number of phenolic OH excluding ortho intramolecular Hbond substituents is 1. The molecule has 0 saturated carbocycles. The maximum atomic E-state index is 13.0. The lowest BCUT2D eigenvalue weighted by Gasteiger charge is -2.36. The van der Waals surface area contributed by atoms with Crippen molar-refractivity contribution in [2.24, 2.45) is 0 Å². The fourth-order valence-electron chi connectivity index (χ4n) is 3.99. The SMILES string of the molecule is CC1CC(=O)C2=C(O1)c1c(ccc3ncccc13)NC2c1cccc(O)c1. The third-order valence-corrected chi connectivity index (χ3v) is 5.14. The Morgan fingerprint density at radius 2 is 2.07 bits per heavy atom. The molecule has 2 unspecified atom stereocenters. The predicted octanol–water partition coefficient (Wildman–Crippen LogP) is 4.20. The van der Waals surface area contributed by atoms with Gasteiger partial charge in [-0.25, -0.2) is 0 Å². The van der Waals surface area contributed by atoms with Crippen molar-refractivity contribution in [2.45, 2.75) is 25.5 Å². The van der Waals surface area contributed by atoms with Gasteiger partial charge in [-0.1, -0.05) is 18.2 Å². The lowest BCUT2D eigenvalue weighted by molar-refractivity contribution is -0.118. The molecule has 5 rings (SSSR count). The Labute approximate surface area is 156 Å². The Kier molecular flexibility index (Phi) is 3.44. The zero-order valence-electron chi connectivity index (χ0n) is 14.8. The summed E-state index contributed by atoms with van der Waals surface area (Å²) in [6.45, 7) is 1.91. The van der Waals surface area contributed by atoms with Gasteiger partial charge in [0.1, 0.15) is 17.6 Å². The van der Waals surface area contributed by atoms with Gasteiger partial charge in [-0.2, -0.15) is 0 Å². The second kappa shape index (κ2) is 5.84. The lowest BCUT2D eigenvalue weighted by atomic mass is 9.84. The van der Waals surface area contributed by atoms with Gasteiger partial charge in [-0.05, 0) is 42.8 Å². The highest BCUT2D eigenvalue weighted by Crippen LogP contribution is 2.47. The summed E-state index contributed by atoms with van der Waals surface area (Å²) in [6.07, 6.45) is 1.92. The minimum Gasteiger partial charge on any atom is -0.508 e. The van der Waals surface area contributed by atoms with E-state index in [0.29, 0.717) is 17.8 Å². The van der Waals surface area contributed by atoms with Crippen molar-refractivity contribution in [3.05, 3.63) is 71.4 Å². The molecule has 5 nitrogen and oxygen atoms in total. The molecule has 0 amide bonds. The first-order chi connectivity index (χ1) is 13.1. The van der Waals surface area contributed by atoms with E-state index < -0.39 is 0 Å². The molecule has 0 bridgehead atoms. The molecule has 2 N–H and O–H groups in total. The summed E-state index contributed by atoms with van der Waals surface area (Å²) in [5, 5.41) is 14.3. The van der Waals surface area contributed by atoms with Gasteiger partial charge in [-0.3, -0.25) is 9.78 Å². The maximum absolute atomic E-state index is 13.0. The van der Waals surface area contributed by atoms with Crippen molar-refractivity contribution in [3.8, 4) is 5.75 Å². The number of aromatic nitrogens is 1. The highest BCUT2D eigenvalue weighted by atomic mass is 16.5. The highest BCUT2D eigenvalue weighted by Gasteiger charge is 2.38. The number of Topliss-reactive ketones (excluding diaryl/α,β-unsaturated/α-hetero) is 1. The number of pyridine rings is 1. The highest BCUT2D eigenvalue weighted by molar-refractivity contribution is 6.10. The van der Waals surface area contributed by atoms with E-state index in [9.17, 15) is 9.90 Å². The number of fused-ring (bicyclic) bond motifs is 4. The van der Waals surface area contributed by atoms with E-state index >= 15 is 0 Å². The van der Waals surface area contributed by atoms with Gasteiger partial charge in [0, 0.05) is 29.3 Å². The van der Waals surface area contributed by atoms with Crippen LogP contribution in [0, 0.1) is 0 Å². The molecular weight excluding hydrogens is 340 g/mol. The Morgan fingerprint density at radius 1 is 1.19 bits per heavy atom. The first kappa shape index (κ1) is 15.9. The standard InChI is InChI=1S/C22H18N2O3/c1-12-10-18(26)20-21(13-4-2-5-14(25)11-13)24-17-8-7-16-15(6-3-9-23-16)19(17)22(20)27-12/h2-9,11-12,21,24-25H,10H2,1H3. The molecular formula is C22H18N2O3. The third-order valence-electron chi connectivity index (χ3n) is 5.14. The summed E-state index contributed by atoms with van der Waals surface area (Å²) >= 11 is 0. The number of anilines is 1. The van der Waals surface area contributed by atoms with E-state index in [0.717, 1.165) is 27.7 Å². The quantitative estimate of drug-likeness (QED) is 0.682. The summed E-state index contributed by atoms with van der Waals surface area (Å²) in [5.41, 5.74) is 4.07. The fourth-order valence-corrected chi connectivity index (χ4v) is 3.99. The summed E-state index contributed by atoms with van der Waals surface area (Å²) in [7, 11) is 0. The topological polar surface area (TPSA) is 71.5 Å². The fraction of sp³-hybridized carbons (Fsp3) is 0.182. The van der Waals surface area contributed by atoms with Crippen LogP contribution >= 0.6 is 0 Å². The molecule has 3 heterocycles. The number of aromatic hydroxyl groups is 1. The maximum Gasteiger partial charge on any atom is 0.168 e. The average molecular weight is 358 g/mol. The molecule has 2 aliphatic rings. The number of rotatable bonds is 1. The van der Waals surface area contributed by atoms with Crippen LogP contribution < -0.4 is 5.32 Å². The molecule has 0 aliphatic carbocycles. The summed E-state index contributed by atoms with van der Waals surface area (Å²) in [5.74, 6) is 0.859. The van der Waals surface area contributed by atoms with Crippen molar-refractivity contribution in [1.82, 2.24) is 4.98 Å². The largest absolute Gasteiger partial charge is 0.508 e. The first-order valence-electron chi connectivity index (χ1n) is 8.99. The summed E-state index contributed by atoms with van der Waals surface area (Å²) < 4.78 is 6.21.